The van der Waals surface area contributed by atoms with E-state index in [0.717, 1.165) is 26.1 Å². The second kappa shape index (κ2) is 7.39. The molecule has 0 bridgehead atoms. The quantitative estimate of drug-likeness (QED) is 0.866. The number of ether oxygens (including phenoxy) is 1. The van der Waals surface area contributed by atoms with Crippen LogP contribution in [0.15, 0.2) is 0 Å². The maximum absolute atomic E-state index is 12.3. The summed E-state index contributed by atoms with van der Waals surface area (Å²) in [4.78, 5) is 16.6. The van der Waals surface area contributed by atoms with Crippen molar-refractivity contribution in [1.29, 1.82) is 0 Å². The van der Waals surface area contributed by atoms with Gasteiger partial charge in [0.05, 0.1) is 0 Å². The Morgan fingerprint density at radius 3 is 2.52 bits per heavy atom. The lowest BCUT2D eigenvalue weighted by Gasteiger charge is -2.42. The predicted molar refractivity (Wildman–Crippen MR) is 93.7 cm³/mol. The first-order valence-corrected chi connectivity index (χ1v) is 9.07. The molecule has 0 radical (unpaired) electrons. The highest BCUT2D eigenvalue weighted by atomic mass is 16.6. The van der Waals surface area contributed by atoms with E-state index in [0.29, 0.717) is 6.04 Å². The van der Waals surface area contributed by atoms with E-state index in [4.69, 9.17) is 4.74 Å². The summed E-state index contributed by atoms with van der Waals surface area (Å²) in [6.07, 6.45) is 4.52. The maximum Gasteiger partial charge on any atom is 0.410 e. The summed E-state index contributed by atoms with van der Waals surface area (Å²) < 4.78 is 5.54. The van der Waals surface area contributed by atoms with E-state index in [9.17, 15) is 4.79 Å². The third-order valence-corrected chi connectivity index (χ3v) is 4.97. The van der Waals surface area contributed by atoms with Crippen LogP contribution in [0.4, 0.5) is 4.79 Å². The molecule has 23 heavy (non-hydrogen) atoms. The third-order valence-electron chi connectivity index (χ3n) is 4.97. The average molecular weight is 325 g/mol. The highest BCUT2D eigenvalue weighted by molar-refractivity contribution is 5.68. The molecule has 1 atom stereocenters. The summed E-state index contributed by atoms with van der Waals surface area (Å²) >= 11 is 0. The van der Waals surface area contributed by atoms with Gasteiger partial charge in [-0.1, -0.05) is 6.92 Å². The molecular weight excluding hydrogens is 290 g/mol. The van der Waals surface area contributed by atoms with Crippen LogP contribution in [0, 0.1) is 5.41 Å². The smallest absolute Gasteiger partial charge is 0.410 e. The molecule has 2 aliphatic heterocycles. The van der Waals surface area contributed by atoms with Crippen molar-refractivity contribution >= 4 is 6.09 Å². The van der Waals surface area contributed by atoms with Gasteiger partial charge in [-0.25, -0.2) is 4.79 Å². The van der Waals surface area contributed by atoms with Crippen molar-refractivity contribution in [3.8, 4) is 0 Å². The predicted octanol–water partition coefficient (Wildman–Crippen LogP) is 2.71. The Hall–Kier alpha value is -0.810. The first-order chi connectivity index (χ1) is 10.7. The molecule has 1 N–H and O–H groups in total. The molecule has 1 amide bonds. The SMILES string of the molecule is CN1CCC(NCC2(C)CCCN(C(=O)OC(C)(C)C)C2)CC1. The van der Waals surface area contributed by atoms with Crippen molar-refractivity contribution in [3.05, 3.63) is 0 Å². The van der Waals surface area contributed by atoms with Crippen LogP contribution in [-0.2, 0) is 4.74 Å². The molecule has 0 aromatic rings. The van der Waals surface area contributed by atoms with Gasteiger partial charge < -0.3 is 19.9 Å². The topological polar surface area (TPSA) is 44.8 Å². The molecule has 0 aliphatic carbocycles. The zero-order chi connectivity index (χ0) is 17.1. The molecule has 2 saturated heterocycles. The van der Waals surface area contributed by atoms with Crippen molar-refractivity contribution in [1.82, 2.24) is 15.1 Å². The van der Waals surface area contributed by atoms with E-state index in [1.807, 2.05) is 25.7 Å². The van der Waals surface area contributed by atoms with Crippen molar-refractivity contribution in [2.75, 3.05) is 39.8 Å². The highest BCUT2D eigenvalue weighted by Gasteiger charge is 2.35. The average Bonchev–Trinajstić information content (AvgIpc) is 2.45. The molecule has 2 rings (SSSR count). The Morgan fingerprint density at radius 1 is 1.26 bits per heavy atom. The summed E-state index contributed by atoms with van der Waals surface area (Å²) in [6.45, 7) is 13.0. The van der Waals surface area contributed by atoms with E-state index < -0.39 is 5.60 Å². The fraction of sp³-hybridized carbons (Fsp3) is 0.944. The van der Waals surface area contributed by atoms with Gasteiger partial charge in [0.2, 0.25) is 0 Å². The number of nitrogens with one attached hydrogen (secondary N) is 1. The first kappa shape index (κ1) is 18.5. The molecule has 2 heterocycles. The number of piperidine rings is 2. The zero-order valence-corrected chi connectivity index (χ0v) is 15.7. The molecule has 2 aliphatic rings. The van der Waals surface area contributed by atoms with Gasteiger partial charge in [0.25, 0.3) is 0 Å². The van der Waals surface area contributed by atoms with Crippen LogP contribution >= 0.6 is 0 Å². The zero-order valence-electron chi connectivity index (χ0n) is 15.7. The van der Waals surface area contributed by atoms with E-state index in [1.54, 1.807) is 0 Å². The standard InChI is InChI=1S/C18H35N3O2/c1-17(2,3)23-16(22)21-10-6-9-18(4,14-21)13-19-15-7-11-20(5)12-8-15/h15,19H,6-14H2,1-5H3. The lowest BCUT2D eigenvalue weighted by molar-refractivity contribution is 0.00622. The minimum Gasteiger partial charge on any atom is -0.444 e. The fourth-order valence-corrected chi connectivity index (χ4v) is 3.55. The Bertz CT molecular complexity index is 400. The fourth-order valence-electron chi connectivity index (χ4n) is 3.55. The van der Waals surface area contributed by atoms with Gasteiger partial charge in [0.1, 0.15) is 5.60 Å². The van der Waals surface area contributed by atoms with Crippen LogP contribution in [0.25, 0.3) is 0 Å². The molecule has 5 nitrogen and oxygen atoms in total. The molecule has 134 valence electrons. The number of hydrogen-bond donors (Lipinski definition) is 1. The number of nitrogens with zero attached hydrogens (tertiary/aromatic N) is 2. The maximum atomic E-state index is 12.3. The first-order valence-electron chi connectivity index (χ1n) is 9.07. The number of hydrogen-bond acceptors (Lipinski definition) is 4. The van der Waals surface area contributed by atoms with Crippen LogP contribution in [0.5, 0.6) is 0 Å². The summed E-state index contributed by atoms with van der Waals surface area (Å²) in [5, 5.41) is 3.75. The minimum atomic E-state index is -0.419. The molecule has 0 aromatic heterocycles. The van der Waals surface area contributed by atoms with Gasteiger partial charge in [-0.3, -0.25) is 0 Å². The summed E-state index contributed by atoms with van der Waals surface area (Å²) in [7, 11) is 2.19. The molecule has 0 saturated carbocycles. The highest BCUT2D eigenvalue weighted by Crippen LogP contribution is 2.30. The van der Waals surface area contributed by atoms with Gasteiger partial charge in [-0.2, -0.15) is 0 Å². The Balaban J connectivity index is 1.82. The largest absolute Gasteiger partial charge is 0.444 e. The van der Waals surface area contributed by atoms with Crippen LogP contribution in [0.3, 0.4) is 0 Å². The van der Waals surface area contributed by atoms with Crippen molar-refractivity contribution in [2.45, 2.75) is 65.0 Å². The molecule has 0 spiro atoms. The third kappa shape index (κ3) is 5.96. The van der Waals surface area contributed by atoms with Gasteiger partial charge in [0.15, 0.2) is 0 Å². The van der Waals surface area contributed by atoms with Crippen LogP contribution < -0.4 is 5.32 Å². The van der Waals surface area contributed by atoms with E-state index in [-0.39, 0.29) is 11.5 Å². The van der Waals surface area contributed by atoms with Crippen molar-refractivity contribution < 1.29 is 9.53 Å². The molecule has 1 unspecified atom stereocenters. The van der Waals surface area contributed by atoms with Gasteiger partial charge >= 0.3 is 6.09 Å². The van der Waals surface area contributed by atoms with Crippen molar-refractivity contribution in [2.24, 2.45) is 5.41 Å². The molecular formula is C18H35N3O2. The summed E-state index contributed by atoms with van der Waals surface area (Å²) in [5.74, 6) is 0. The van der Waals surface area contributed by atoms with E-state index in [2.05, 4.69) is 24.2 Å². The number of rotatable bonds is 3. The van der Waals surface area contributed by atoms with E-state index >= 15 is 0 Å². The summed E-state index contributed by atoms with van der Waals surface area (Å²) in [6, 6.07) is 0.625. The second-order valence-electron chi connectivity index (χ2n) is 8.77. The number of amides is 1. The van der Waals surface area contributed by atoms with Gasteiger partial charge in [0, 0.05) is 25.7 Å². The number of likely N-dealkylation sites (tertiary alicyclic amines) is 2. The Labute approximate surface area is 141 Å². The van der Waals surface area contributed by atoms with E-state index in [1.165, 1.54) is 32.4 Å². The minimum absolute atomic E-state index is 0.151. The van der Waals surface area contributed by atoms with Gasteiger partial charge in [-0.05, 0) is 72.0 Å². The Morgan fingerprint density at radius 2 is 1.91 bits per heavy atom. The Kier molecular flexibility index (Phi) is 5.95. The lowest BCUT2D eigenvalue weighted by atomic mass is 9.81. The lowest BCUT2D eigenvalue weighted by Crippen LogP contribution is -2.52. The van der Waals surface area contributed by atoms with Crippen LogP contribution in [0.2, 0.25) is 0 Å². The van der Waals surface area contributed by atoms with Crippen LogP contribution in [0.1, 0.15) is 53.4 Å². The normalized spacial score (nSPS) is 28.0. The van der Waals surface area contributed by atoms with Gasteiger partial charge in [-0.15, -0.1) is 0 Å². The molecule has 2 fully saturated rings. The second-order valence-corrected chi connectivity index (χ2v) is 8.77. The molecule has 5 heteroatoms. The molecule has 0 aromatic carbocycles. The monoisotopic (exact) mass is 325 g/mol. The van der Waals surface area contributed by atoms with Crippen LogP contribution in [-0.4, -0.2) is 67.3 Å². The van der Waals surface area contributed by atoms with Crippen molar-refractivity contribution in [3.63, 3.8) is 0 Å². The number of carbonyl (C=O) groups is 1. The summed E-state index contributed by atoms with van der Waals surface area (Å²) in [5.41, 5.74) is -0.268. The number of carbonyl (C=O) groups excluding carboxylic acids is 1.